The van der Waals surface area contributed by atoms with Gasteiger partial charge in [-0.05, 0) is 32.7 Å². The average Bonchev–Trinajstić information content (AvgIpc) is 2.57. The van der Waals surface area contributed by atoms with Gasteiger partial charge in [0.2, 0.25) is 5.91 Å². The van der Waals surface area contributed by atoms with Crippen LogP contribution in [0.3, 0.4) is 0 Å². The highest BCUT2D eigenvalue weighted by atomic mass is 16.1. The van der Waals surface area contributed by atoms with E-state index in [0.717, 1.165) is 25.2 Å². The number of hydrogen-bond acceptors (Lipinski definition) is 3. The van der Waals surface area contributed by atoms with Gasteiger partial charge in [-0.1, -0.05) is 0 Å². The minimum atomic E-state index is 0.0683. The van der Waals surface area contributed by atoms with Crippen LogP contribution >= 0.6 is 0 Å². The van der Waals surface area contributed by atoms with Gasteiger partial charge in [0, 0.05) is 38.1 Å². The van der Waals surface area contributed by atoms with Crippen molar-refractivity contribution in [3.8, 4) is 0 Å². The Balaban J connectivity index is 1.72. The predicted molar refractivity (Wildman–Crippen MR) is 64.3 cm³/mol. The van der Waals surface area contributed by atoms with E-state index in [4.69, 9.17) is 0 Å². The Morgan fingerprint density at radius 3 is 2.56 bits per heavy atom. The largest absolute Gasteiger partial charge is 0.355 e. The Hall–Kier alpha value is -0.610. The molecular formula is C12H23N3O. The molecule has 2 N–H and O–H groups in total. The first-order chi connectivity index (χ1) is 7.65. The van der Waals surface area contributed by atoms with Gasteiger partial charge in [0.15, 0.2) is 0 Å². The number of amides is 1. The molecule has 2 heterocycles. The van der Waals surface area contributed by atoms with Crippen LogP contribution in [0.15, 0.2) is 0 Å². The van der Waals surface area contributed by atoms with Crippen LogP contribution in [-0.2, 0) is 4.79 Å². The first kappa shape index (κ1) is 11.9. The number of hydrogen-bond donors (Lipinski definition) is 2. The molecule has 0 aliphatic carbocycles. The lowest BCUT2D eigenvalue weighted by Gasteiger charge is -2.35. The highest BCUT2D eigenvalue weighted by Gasteiger charge is 2.34. The average molecular weight is 225 g/mol. The van der Waals surface area contributed by atoms with Crippen LogP contribution in [0.25, 0.3) is 0 Å². The van der Waals surface area contributed by atoms with Gasteiger partial charge in [-0.3, -0.25) is 4.79 Å². The Bertz CT molecular complexity index is 245. The fourth-order valence-corrected chi connectivity index (χ4v) is 2.98. The summed E-state index contributed by atoms with van der Waals surface area (Å²) in [5.41, 5.74) is 0. The second-order valence-electron chi connectivity index (χ2n) is 5.23. The zero-order chi connectivity index (χ0) is 11.5. The van der Waals surface area contributed by atoms with Crippen LogP contribution in [-0.4, -0.2) is 49.1 Å². The summed E-state index contributed by atoms with van der Waals surface area (Å²) in [6, 6.07) is 2.19. The van der Waals surface area contributed by atoms with Crippen molar-refractivity contribution in [2.24, 2.45) is 0 Å². The molecule has 4 nitrogen and oxygen atoms in total. The molecule has 0 aromatic rings. The van der Waals surface area contributed by atoms with E-state index < -0.39 is 0 Å². The van der Waals surface area contributed by atoms with E-state index in [1.165, 1.54) is 25.7 Å². The summed E-state index contributed by atoms with van der Waals surface area (Å²) in [6.45, 7) is 3.31. The van der Waals surface area contributed by atoms with E-state index >= 15 is 0 Å². The third-order valence-corrected chi connectivity index (χ3v) is 3.91. The van der Waals surface area contributed by atoms with Crippen molar-refractivity contribution in [2.75, 3.05) is 20.1 Å². The summed E-state index contributed by atoms with van der Waals surface area (Å²) in [6.07, 6.45) is 5.24. The predicted octanol–water partition coefficient (Wildman–Crippen LogP) is 0.337. The smallest absolute Gasteiger partial charge is 0.216 e. The maximum atomic E-state index is 10.8. The molecule has 0 radical (unpaired) electrons. The van der Waals surface area contributed by atoms with Crippen molar-refractivity contribution in [2.45, 2.75) is 50.7 Å². The number of fused-ring (bicyclic) bond motifs is 2. The topological polar surface area (TPSA) is 44.4 Å². The molecule has 0 spiro atoms. The van der Waals surface area contributed by atoms with Crippen molar-refractivity contribution >= 4 is 5.91 Å². The van der Waals surface area contributed by atoms with Crippen molar-refractivity contribution in [3.05, 3.63) is 0 Å². The summed E-state index contributed by atoms with van der Waals surface area (Å²) >= 11 is 0. The second kappa shape index (κ2) is 5.15. The molecule has 2 atom stereocenters. The molecule has 4 heteroatoms. The molecule has 2 aliphatic rings. The van der Waals surface area contributed by atoms with E-state index in [-0.39, 0.29) is 5.91 Å². The van der Waals surface area contributed by atoms with E-state index in [9.17, 15) is 4.79 Å². The minimum Gasteiger partial charge on any atom is -0.355 e. The maximum Gasteiger partial charge on any atom is 0.216 e. The molecule has 0 aromatic heterocycles. The lowest BCUT2D eigenvalue weighted by Crippen LogP contribution is -2.48. The lowest BCUT2D eigenvalue weighted by molar-refractivity contribution is -0.119. The quantitative estimate of drug-likeness (QED) is 0.725. The van der Waals surface area contributed by atoms with E-state index in [1.54, 1.807) is 6.92 Å². The van der Waals surface area contributed by atoms with E-state index in [1.807, 2.05) is 0 Å². The first-order valence-corrected chi connectivity index (χ1v) is 6.36. The molecule has 2 bridgehead atoms. The third-order valence-electron chi connectivity index (χ3n) is 3.91. The first-order valence-electron chi connectivity index (χ1n) is 6.36. The number of likely N-dealkylation sites (N-methyl/N-ethyl adjacent to an activating group) is 1. The molecule has 2 unspecified atom stereocenters. The number of carbonyl (C=O) groups is 1. The van der Waals surface area contributed by atoms with Crippen LogP contribution in [0.4, 0.5) is 0 Å². The molecule has 1 amide bonds. The fourth-order valence-electron chi connectivity index (χ4n) is 2.98. The van der Waals surface area contributed by atoms with Gasteiger partial charge in [0.25, 0.3) is 0 Å². The maximum absolute atomic E-state index is 10.8. The second-order valence-corrected chi connectivity index (χ2v) is 5.23. The molecular weight excluding hydrogens is 202 g/mol. The molecule has 2 rings (SSSR count). The number of carbonyl (C=O) groups excluding carboxylic acids is 1. The zero-order valence-corrected chi connectivity index (χ0v) is 10.3. The van der Waals surface area contributed by atoms with Crippen LogP contribution in [0.1, 0.15) is 32.6 Å². The monoisotopic (exact) mass is 225 g/mol. The molecule has 92 valence electrons. The van der Waals surface area contributed by atoms with Crippen LogP contribution in [0.2, 0.25) is 0 Å². The number of piperidine rings is 1. The van der Waals surface area contributed by atoms with Gasteiger partial charge in [-0.25, -0.2) is 0 Å². The standard InChI is InChI=1S/C12H23N3O/c1-9(16)13-5-6-15(2)12-7-10-3-4-11(8-12)14-10/h10-12,14H,3-8H2,1-2H3,(H,13,16). The summed E-state index contributed by atoms with van der Waals surface area (Å²) in [5.74, 6) is 0.0683. The summed E-state index contributed by atoms with van der Waals surface area (Å²) in [4.78, 5) is 13.2. The van der Waals surface area contributed by atoms with Gasteiger partial charge in [0.1, 0.15) is 0 Å². The van der Waals surface area contributed by atoms with Crippen LogP contribution < -0.4 is 10.6 Å². The molecule has 0 aromatic carbocycles. The molecule has 0 saturated carbocycles. The molecule has 16 heavy (non-hydrogen) atoms. The van der Waals surface area contributed by atoms with Crippen molar-refractivity contribution in [1.82, 2.24) is 15.5 Å². The van der Waals surface area contributed by atoms with Gasteiger partial charge >= 0.3 is 0 Å². The highest BCUT2D eigenvalue weighted by molar-refractivity contribution is 5.72. The number of rotatable bonds is 4. The van der Waals surface area contributed by atoms with Gasteiger partial charge in [-0.2, -0.15) is 0 Å². The van der Waals surface area contributed by atoms with Crippen LogP contribution in [0.5, 0.6) is 0 Å². The fraction of sp³-hybridized carbons (Fsp3) is 0.917. The zero-order valence-electron chi connectivity index (χ0n) is 10.3. The minimum absolute atomic E-state index is 0.0683. The van der Waals surface area contributed by atoms with Crippen LogP contribution in [0, 0.1) is 0 Å². The van der Waals surface area contributed by atoms with Crippen molar-refractivity contribution < 1.29 is 4.79 Å². The van der Waals surface area contributed by atoms with E-state index in [2.05, 4.69) is 22.6 Å². The lowest BCUT2D eigenvalue weighted by atomic mass is 9.98. The molecule has 2 saturated heterocycles. The highest BCUT2D eigenvalue weighted by Crippen LogP contribution is 2.28. The number of nitrogens with zero attached hydrogens (tertiary/aromatic N) is 1. The molecule has 2 fully saturated rings. The van der Waals surface area contributed by atoms with Crippen molar-refractivity contribution in [3.63, 3.8) is 0 Å². The summed E-state index contributed by atoms with van der Waals surface area (Å²) < 4.78 is 0. The number of nitrogens with one attached hydrogen (secondary N) is 2. The summed E-state index contributed by atoms with van der Waals surface area (Å²) in [5, 5.41) is 6.51. The molecule has 2 aliphatic heterocycles. The third kappa shape index (κ3) is 2.95. The van der Waals surface area contributed by atoms with Gasteiger partial charge in [-0.15, -0.1) is 0 Å². The Morgan fingerprint density at radius 1 is 1.38 bits per heavy atom. The Kier molecular flexibility index (Phi) is 3.82. The summed E-state index contributed by atoms with van der Waals surface area (Å²) in [7, 11) is 2.18. The Labute approximate surface area is 97.8 Å². The SMILES string of the molecule is CC(=O)NCCN(C)C1CC2CCC(C1)N2. The normalized spacial score (nSPS) is 33.1. The van der Waals surface area contributed by atoms with Gasteiger partial charge in [0.05, 0.1) is 0 Å². The van der Waals surface area contributed by atoms with E-state index in [0.29, 0.717) is 6.04 Å². The van der Waals surface area contributed by atoms with Crippen molar-refractivity contribution in [1.29, 1.82) is 0 Å². The Morgan fingerprint density at radius 2 is 2.00 bits per heavy atom. The van der Waals surface area contributed by atoms with Gasteiger partial charge < -0.3 is 15.5 Å².